The highest BCUT2D eigenvalue weighted by Gasteiger charge is 2.12. The van der Waals surface area contributed by atoms with Crippen molar-refractivity contribution in [3.63, 3.8) is 0 Å². The van der Waals surface area contributed by atoms with Crippen molar-refractivity contribution in [1.82, 2.24) is 0 Å². The van der Waals surface area contributed by atoms with Crippen LogP contribution in [0.15, 0.2) is 41.3 Å². The molecule has 0 heterocycles. The lowest BCUT2D eigenvalue weighted by atomic mass is 10.1. The largest absolute Gasteiger partial charge is 0.398 e. The molecule has 3 nitrogen and oxygen atoms in total. The summed E-state index contributed by atoms with van der Waals surface area (Å²) in [6, 6.07) is 10.1. The summed E-state index contributed by atoms with van der Waals surface area (Å²) in [7, 11) is 0. The van der Waals surface area contributed by atoms with Crippen molar-refractivity contribution in [3.8, 4) is 0 Å². The van der Waals surface area contributed by atoms with Crippen LogP contribution in [0.3, 0.4) is 0 Å². The fourth-order valence-corrected chi connectivity index (χ4v) is 2.33. The van der Waals surface area contributed by atoms with E-state index in [1.54, 1.807) is 13.0 Å². The van der Waals surface area contributed by atoms with Gasteiger partial charge in [-0.1, -0.05) is 12.1 Å². The average Bonchev–Trinajstić information content (AvgIpc) is 2.44. The number of para-hydroxylation sites is 1. The molecule has 0 saturated carbocycles. The molecule has 0 unspecified atom stereocenters. The minimum Gasteiger partial charge on any atom is -0.398 e. The van der Waals surface area contributed by atoms with Crippen LogP contribution >= 0.6 is 11.8 Å². The molecule has 0 aliphatic rings. The van der Waals surface area contributed by atoms with Crippen molar-refractivity contribution < 1.29 is 9.18 Å². The zero-order chi connectivity index (χ0) is 14.7. The van der Waals surface area contributed by atoms with Crippen LogP contribution in [0.5, 0.6) is 0 Å². The van der Waals surface area contributed by atoms with E-state index in [4.69, 9.17) is 5.73 Å². The number of hydrogen-bond donors (Lipinski definition) is 2. The van der Waals surface area contributed by atoms with Gasteiger partial charge in [0.05, 0.1) is 5.69 Å². The van der Waals surface area contributed by atoms with Crippen LogP contribution in [0.1, 0.15) is 15.9 Å². The smallest absolute Gasteiger partial charge is 0.255 e. The van der Waals surface area contributed by atoms with E-state index in [1.165, 1.54) is 23.9 Å². The van der Waals surface area contributed by atoms with E-state index >= 15 is 0 Å². The van der Waals surface area contributed by atoms with Crippen LogP contribution in [-0.2, 0) is 0 Å². The van der Waals surface area contributed by atoms with Gasteiger partial charge in [0.15, 0.2) is 0 Å². The second-order valence-electron chi connectivity index (χ2n) is 4.33. The number of rotatable bonds is 3. The number of carbonyl (C=O) groups is 1. The van der Waals surface area contributed by atoms with Crippen molar-refractivity contribution in [3.05, 3.63) is 53.3 Å². The molecule has 3 N–H and O–H groups in total. The summed E-state index contributed by atoms with van der Waals surface area (Å²) in [5.41, 5.74) is 7.22. The molecule has 1 amide bonds. The number of halogens is 1. The number of amides is 1. The van der Waals surface area contributed by atoms with Crippen molar-refractivity contribution in [1.29, 1.82) is 0 Å². The Bertz CT molecular complexity index is 635. The molecular weight excluding hydrogens is 275 g/mol. The van der Waals surface area contributed by atoms with Crippen LogP contribution in [-0.4, -0.2) is 12.2 Å². The number of hydrogen-bond acceptors (Lipinski definition) is 3. The zero-order valence-corrected chi connectivity index (χ0v) is 12.1. The standard InChI is InChI=1S/C15H15FN2OS/c1-9-11(16)7-10(8-12(9)17)15(19)18-13-5-3-4-6-14(13)20-2/h3-8H,17H2,1-2H3,(H,18,19). The lowest BCUT2D eigenvalue weighted by Gasteiger charge is -2.10. The highest BCUT2D eigenvalue weighted by molar-refractivity contribution is 7.98. The normalized spacial score (nSPS) is 10.3. The minimum absolute atomic E-state index is 0.210. The van der Waals surface area contributed by atoms with Gasteiger partial charge >= 0.3 is 0 Å². The first-order valence-corrected chi connectivity index (χ1v) is 7.25. The molecular formula is C15H15FN2OS. The van der Waals surface area contributed by atoms with Gasteiger partial charge in [-0.15, -0.1) is 11.8 Å². The van der Waals surface area contributed by atoms with E-state index in [9.17, 15) is 9.18 Å². The van der Waals surface area contributed by atoms with Crippen LogP contribution < -0.4 is 11.1 Å². The van der Waals surface area contributed by atoms with Gasteiger partial charge in [-0.25, -0.2) is 4.39 Å². The molecule has 0 aromatic heterocycles. The van der Waals surface area contributed by atoms with Gasteiger partial charge in [-0.2, -0.15) is 0 Å². The molecule has 2 aromatic rings. The summed E-state index contributed by atoms with van der Waals surface area (Å²) in [6.45, 7) is 1.58. The number of nitrogens with two attached hydrogens (primary N) is 1. The third kappa shape index (κ3) is 2.93. The molecule has 2 rings (SSSR count). The van der Waals surface area contributed by atoms with Crippen LogP contribution in [0.4, 0.5) is 15.8 Å². The van der Waals surface area contributed by atoms with Crippen LogP contribution in [0.25, 0.3) is 0 Å². The monoisotopic (exact) mass is 290 g/mol. The summed E-state index contributed by atoms with van der Waals surface area (Å²) in [5.74, 6) is -0.856. The lowest BCUT2D eigenvalue weighted by Crippen LogP contribution is -2.13. The second-order valence-corrected chi connectivity index (χ2v) is 5.17. The first-order chi connectivity index (χ1) is 9.52. The van der Waals surface area contributed by atoms with E-state index in [-0.39, 0.29) is 17.2 Å². The predicted octanol–water partition coefficient (Wildman–Crippen LogP) is 3.69. The Morgan fingerprint density at radius 2 is 2.00 bits per heavy atom. The highest BCUT2D eigenvalue weighted by Crippen LogP contribution is 2.25. The number of nitrogens with one attached hydrogen (secondary N) is 1. The Hall–Kier alpha value is -2.01. The fourth-order valence-electron chi connectivity index (χ4n) is 1.77. The van der Waals surface area contributed by atoms with Crippen molar-refractivity contribution in [2.45, 2.75) is 11.8 Å². The van der Waals surface area contributed by atoms with Crippen LogP contribution in [0.2, 0.25) is 0 Å². The maximum atomic E-state index is 13.6. The molecule has 0 fully saturated rings. The molecule has 0 saturated heterocycles. The van der Waals surface area contributed by atoms with Gasteiger partial charge in [-0.3, -0.25) is 4.79 Å². The molecule has 0 radical (unpaired) electrons. The SMILES string of the molecule is CSc1ccccc1NC(=O)c1cc(N)c(C)c(F)c1. The summed E-state index contributed by atoms with van der Waals surface area (Å²) in [6.07, 6.45) is 1.93. The van der Waals surface area contributed by atoms with E-state index in [0.29, 0.717) is 11.3 Å². The Morgan fingerprint density at radius 1 is 1.30 bits per heavy atom. The average molecular weight is 290 g/mol. The molecule has 0 spiro atoms. The maximum absolute atomic E-state index is 13.6. The predicted molar refractivity (Wildman–Crippen MR) is 81.7 cm³/mol. The number of anilines is 2. The van der Waals surface area contributed by atoms with Gasteiger partial charge in [0.25, 0.3) is 5.91 Å². The quantitative estimate of drug-likeness (QED) is 0.669. The molecule has 0 aliphatic heterocycles. The van der Waals surface area contributed by atoms with Crippen LogP contribution in [0, 0.1) is 12.7 Å². The van der Waals surface area contributed by atoms with E-state index in [0.717, 1.165) is 4.90 Å². The fraction of sp³-hybridized carbons (Fsp3) is 0.133. The van der Waals surface area contributed by atoms with Gasteiger partial charge in [-0.05, 0) is 37.4 Å². The molecule has 20 heavy (non-hydrogen) atoms. The van der Waals surface area contributed by atoms with E-state index in [2.05, 4.69) is 5.32 Å². The maximum Gasteiger partial charge on any atom is 0.255 e. The molecule has 104 valence electrons. The minimum atomic E-state index is -0.478. The van der Waals surface area contributed by atoms with Gasteiger partial charge < -0.3 is 11.1 Å². The Morgan fingerprint density at radius 3 is 2.65 bits per heavy atom. The zero-order valence-electron chi connectivity index (χ0n) is 11.2. The Kier molecular flexibility index (Phi) is 4.29. The number of benzene rings is 2. The number of nitrogen functional groups attached to an aromatic ring is 1. The van der Waals surface area contributed by atoms with Gasteiger partial charge in [0.1, 0.15) is 5.82 Å². The third-order valence-electron chi connectivity index (χ3n) is 3.00. The van der Waals surface area contributed by atoms with E-state index in [1.807, 2.05) is 24.5 Å². The van der Waals surface area contributed by atoms with E-state index < -0.39 is 5.82 Å². The number of carbonyl (C=O) groups excluding carboxylic acids is 1. The second kappa shape index (κ2) is 5.96. The van der Waals surface area contributed by atoms with Crippen molar-refractivity contribution >= 4 is 29.0 Å². The molecule has 0 aliphatic carbocycles. The lowest BCUT2D eigenvalue weighted by molar-refractivity contribution is 0.102. The topological polar surface area (TPSA) is 55.1 Å². The van der Waals surface area contributed by atoms with Crippen molar-refractivity contribution in [2.75, 3.05) is 17.3 Å². The molecule has 2 aromatic carbocycles. The summed E-state index contributed by atoms with van der Waals surface area (Å²) in [5, 5.41) is 2.77. The summed E-state index contributed by atoms with van der Waals surface area (Å²) >= 11 is 1.53. The Balaban J connectivity index is 2.29. The first-order valence-electron chi connectivity index (χ1n) is 6.03. The van der Waals surface area contributed by atoms with Crippen molar-refractivity contribution in [2.24, 2.45) is 0 Å². The van der Waals surface area contributed by atoms with Gasteiger partial charge in [0, 0.05) is 21.7 Å². The highest BCUT2D eigenvalue weighted by atomic mass is 32.2. The first kappa shape index (κ1) is 14.4. The third-order valence-corrected chi connectivity index (χ3v) is 3.80. The van der Waals surface area contributed by atoms with Gasteiger partial charge in [0.2, 0.25) is 0 Å². The molecule has 0 atom stereocenters. The number of thioether (sulfide) groups is 1. The molecule has 0 bridgehead atoms. The summed E-state index contributed by atoms with van der Waals surface area (Å²) in [4.78, 5) is 13.1. The Labute approximate surface area is 121 Å². The summed E-state index contributed by atoms with van der Waals surface area (Å²) < 4.78 is 13.6. The molecule has 5 heteroatoms.